The van der Waals surface area contributed by atoms with Crippen LogP contribution in [0.1, 0.15) is 19.4 Å². The van der Waals surface area contributed by atoms with E-state index in [9.17, 15) is 9.59 Å². The predicted octanol–water partition coefficient (Wildman–Crippen LogP) is 5.98. The summed E-state index contributed by atoms with van der Waals surface area (Å²) in [4.78, 5) is 26.7. The summed E-state index contributed by atoms with van der Waals surface area (Å²) in [7, 11) is 0. The minimum atomic E-state index is -0.362. The van der Waals surface area contributed by atoms with Crippen LogP contribution in [0.5, 0.6) is 11.5 Å². The monoisotopic (exact) mass is 529 g/mol. The first-order valence-electron chi connectivity index (χ1n) is 8.57. The lowest BCUT2D eigenvalue weighted by atomic mass is 10.1. The van der Waals surface area contributed by atoms with Gasteiger partial charge in [0.25, 0.3) is 11.1 Å². The number of ether oxygens (including phenoxy) is 2. The lowest BCUT2D eigenvalue weighted by molar-refractivity contribution is -0.113. The van der Waals surface area contributed by atoms with Crippen molar-refractivity contribution in [2.75, 3.05) is 18.1 Å². The van der Waals surface area contributed by atoms with Gasteiger partial charge in [-0.2, -0.15) is 0 Å². The summed E-state index contributed by atoms with van der Waals surface area (Å²) in [6.07, 6.45) is 1.70. The zero-order valence-corrected chi connectivity index (χ0v) is 18.9. The molecule has 0 aliphatic carbocycles. The van der Waals surface area contributed by atoms with Gasteiger partial charge in [-0.15, -0.1) is 0 Å². The minimum absolute atomic E-state index is 0.343. The summed E-state index contributed by atoms with van der Waals surface area (Å²) in [5.41, 5.74) is 1.25. The Morgan fingerprint density at radius 1 is 1.11 bits per heavy atom. The van der Waals surface area contributed by atoms with Crippen LogP contribution in [-0.2, 0) is 4.79 Å². The average molecular weight is 530 g/mol. The number of carbonyl (C=O) groups excluding carboxylic acids is 2. The number of nitrogens with zero attached hydrogens (tertiary/aromatic N) is 1. The molecule has 1 heterocycles. The molecule has 2 amide bonds. The van der Waals surface area contributed by atoms with Crippen molar-refractivity contribution in [2.45, 2.75) is 13.8 Å². The Hall–Kier alpha value is -1.71. The van der Waals surface area contributed by atoms with E-state index in [1.54, 1.807) is 30.3 Å². The summed E-state index contributed by atoms with van der Waals surface area (Å²) in [6, 6.07) is 10.3. The maximum Gasteiger partial charge on any atom is 0.298 e. The van der Waals surface area contributed by atoms with Gasteiger partial charge in [0, 0.05) is 5.02 Å². The minimum Gasteiger partial charge on any atom is -0.490 e. The van der Waals surface area contributed by atoms with Crippen molar-refractivity contribution in [3.63, 3.8) is 0 Å². The zero-order chi connectivity index (χ0) is 20.3. The molecule has 1 aliphatic heterocycles. The van der Waals surface area contributed by atoms with Gasteiger partial charge in [0.1, 0.15) is 0 Å². The molecule has 2 aromatic rings. The summed E-state index contributed by atoms with van der Waals surface area (Å²) >= 11 is 8.97. The van der Waals surface area contributed by atoms with Crippen molar-refractivity contribution in [3.8, 4) is 11.5 Å². The van der Waals surface area contributed by atoms with E-state index in [1.165, 1.54) is 0 Å². The van der Waals surface area contributed by atoms with Crippen LogP contribution in [0.25, 0.3) is 6.08 Å². The van der Waals surface area contributed by atoms with Crippen molar-refractivity contribution in [3.05, 3.63) is 55.5 Å². The van der Waals surface area contributed by atoms with Crippen molar-refractivity contribution in [2.24, 2.45) is 0 Å². The SMILES string of the molecule is CCOc1cc(/C=C2/SC(=O)N(c3ccc(Cl)cc3)C2=O)cc(I)c1OCC. The summed E-state index contributed by atoms with van der Waals surface area (Å²) in [5.74, 6) is 0.926. The smallest absolute Gasteiger partial charge is 0.298 e. The average Bonchev–Trinajstić information content (AvgIpc) is 2.93. The summed E-state index contributed by atoms with van der Waals surface area (Å²) in [5, 5.41) is 0.197. The molecule has 0 atom stereocenters. The summed E-state index contributed by atoms with van der Waals surface area (Å²) < 4.78 is 12.2. The van der Waals surface area contributed by atoms with Gasteiger partial charge in [0.2, 0.25) is 0 Å². The van der Waals surface area contributed by atoms with Crippen LogP contribution in [0.4, 0.5) is 10.5 Å². The quantitative estimate of drug-likeness (QED) is 0.340. The van der Waals surface area contributed by atoms with Crippen LogP contribution >= 0.6 is 46.0 Å². The van der Waals surface area contributed by atoms with E-state index in [2.05, 4.69) is 22.6 Å². The molecule has 0 saturated carbocycles. The molecular weight excluding hydrogens is 513 g/mol. The number of halogens is 2. The second kappa shape index (κ2) is 9.19. The van der Waals surface area contributed by atoms with E-state index in [1.807, 2.05) is 26.0 Å². The molecule has 0 spiro atoms. The van der Waals surface area contributed by atoms with Crippen LogP contribution in [-0.4, -0.2) is 24.4 Å². The van der Waals surface area contributed by atoms with Crippen molar-refractivity contribution >= 4 is 68.9 Å². The second-order valence-corrected chi connectivity index (χ2v) is 8.28. The van der Waals surface area contributed by atoms with E-state index in [-0.39, 0.29) is 11.1 Å². The Balaban J connectivity index is 1.94. The Morgan fingerprint density at radius 3 is 2.43 bits per heavy atom. The highest BCUT2D eigenvalue weighted by molar-refractivity contribution is 14.1. The van der Waals surface area contributed by atoms with E-state index in [0.29, 0.717) is 40.3 Å². The molecule has 3 rings (SSSR count). The first-order valence-corrected chi connectivity index (χ1v) is 10.8. The van der Waals surface area contributed by atoms with Gasteiger partial charge < -0.3 is 9.47 Å². The third-order valence-corrected chi connectivity index (χ3v) is 5.72. The number of amides is 2. The van der Waals surface area contributed by atoms with Crippen LogP contribution < -0.4 is 14.4 Å². The van der Waals surface area contributed by atoms with E-state index < -0.39 is 0 Å². The van der Waals surface area contributed by atoms with Gasteiger partial charge in [-0.05, 0) is 96.2 Å². The van der Waals surface area contributed by atoms with Gasteiger partial charge in [-0.25, -0.2) is 4.90 Å². The molecule has 28 heavy (non-hydrogen) atoms. The molecule has 146 valence electrons. The van der Waals surface area contributed by atoms with Gasteiger partial charge in [-0.1, -0.05) is 11.6 Å². The maximum atomic E-state index is 12.8. The molecule has 0 unspecified atom stereocenters. The van der Waals surface area contributed by atoms with E-state index >= 15 is 0 Å². The van der Waals surface area contributed by atoms with Crippen molar-refractivity contribution in [1.29, 1.82) is 0 Å². The number of benzene rings is 2. The van der Waals surface area contributed by atoms with Crippen LogP contribution in [0.2, 0.25) is 5.02 Å². The van der Waals surface area contributed by atoms with Gasteiger partial charge in [0.05, 0.1) is 27.4 Å². The number of anilines is 1. The van der Waals surface area contributed by atoms with Gasteiger partial charge in [0.15, 0.2) is 11.5 Å². The van der Waals surface area contributed by atoms with Crippen molar-refractivity contribution < 1.29 is 19.1 Å². The number of rotatable bonds is 6. The highest BCUT2D eigenvalue weighted by atomic mass is 127. The Bertz CT molecular complexity index is 946. The first-order chi connectivity index (χ1) is 13.4. The number of imide groups is 1. The molecule has 1 fully saturated rings. The lowest BCUT2D eigenvalue weighted by Crippen LogP contribution is -2.27. The predicted molar refractivity (Wildman–Crippen MR) is 121 cm³/mol. The number of thioether (sulfide) groups is 1. The molecular formula is C20H17ClINO4S. The summed E-state index contributed by atoms with van der Waals surface area (Å²) in [6.45, 7) is 4.82. The van der Waals surface area contributed by atoms with Crippen LogP contribution in [0, 0.1) is 3.57 Å². The van der Waals surface area contributed by atoms with Crippen LogP contribution in [0.3, 0.4) is 0 Å². The van der Waals surface area contributed by atoms with Crippen LogP contribution in [0.15, 0.2) is 41.3 Å². The second-order valence-electron chi connectivity index (χ2n) is 5.69. The number of hydrogen-bond donors (Lipinski definition) is 0. The fourth-order valence-electron chi connectivity index (χ4n) is 2.65. The molecule has 0 aromatic heterocycles. The maximum absolute atomic E-state index is 12.8. The fourth-order valence-corrected chi connectivity index (χ4v) is 4.40. The third kappa shape index (κ3) is 4.47. The number of hydrogen-bond acceptors (Lipinski definition) is 5. The number of carbonyl (C=O) groups is 2. The molecule has 2 aromatic carbocycles. The molecule has 5 nitrogen and oxygen atoms in total. The van der Waals surface area contributed by atoms with E-state index in [0.717, 1.165) is 25.8 Å². The largest absolute Gasteiger partial charge is 0.490 e. The fraction of sp³-hybridized carbons (Fsp3) is 0.200. The topological polar surface area (TPSA) is 55.8 Å². The zero-order valence-electron chi connectivity index (χ0n) is 15.2. The van der Waals surface area contributed by atoms with E-state index in [4.69, 9.17) is 21.1 Å². The first kappa shape index (κ1) is 21.0. The van der Waals surface area contributed by atoms with Gasteiger partial charge >= 0.3 is 0 Å². The standard InChI is InChI=1S/C20H17ClINO4S/c1-3-26-16-10-12(9-15(22)18(16)27-4-2)11-17-19(24)23(20(25)28-17)14-7-5-13(21)6-8-14/h5-11H,3-4H2,1-2H3/b17-11+. The highest BCUT2D eigenvalue weighted by Gasteiger charge is 2.36. The Kier molecular flexibility index (Phi) is 6.90. The molecule has 0 bridgehead atoms. The third-order valence-electron chi connectivity index (χ3n) is 3.80. The molecule has 1 saturated heterocycles. The molecule has 8 heteroatoms. The van der Waals surface area contributed by atoms with Gasteiger partial charge in [-0.3, -0.25) is 9.59 Å². The molecule has 0 N–H and O–H groups in total. The Labute approximate surface area is 186 Å². The van der Waals surface area contributed by atoms with Crippen molar-refractivity contribution in [1.82, 2.24) is 0 Å². The normalized spacial score (nSPS) is 15.4. The lowest BCUT2D eigenvalue weighted by Gasteiger charge is -2.14. The molecule has 1 aliphatic rings. The Morgan fingerprint density at radius 2 is 1.79 bits per heavy atom. The molecule has 0 radical (unpaired) electrons. The highest BCUT2D eigenvalue weighted by Crippen LogP contribution is 2.39.